The minimum Gasteiger partial charge on any atom is -0.558 e. The highest BCUT2D eigenvalue weighted by Gasteiger charge is 2.05. The largest absolute Gasteiger partial charge is 0.558 e. The Hall–Kier alpha value is 0.171. The van der Waals surface area contributed by atoms with Crippen LogP contribution in [-0.4, -0.2) is 37.3 Å². The van der Waals surface area contributed by atoms with Crippen LogP contribution in [0.4, 0.5) is 0 Å². The van der Waals surface area contributed by atoms with Gasteiger partial charge in [-0.05, 0) is 0 Å². The predicted octanol–water partition coefficient (Wildman–Crippen LogP) is -2.44. The van der Waals surface area contributed by atoms with Gasteiger partial charge in [-0.15, -0.1) is 0 Å². The molecule has 7 heavy (non-hydrogen) atoms. The maximum atomic E-state index is 9.98. The fraction of sp³-hybridized carbons (Fsp3) is 0. The van der Waals surface area contributed by atoms with E-state index in [0.717, 1.165) is 0 Å². The SMILES string of the molecule is O=[Si](O[Si]O)[Si]O. The summed E-state index contributed by atoms with van der Waals surface area (Å²) < 4.78 is 14.1. The Morgan fingerprint density at radius 3 is 2.29 bits per heavy atom. The molecule has 0 saturated carbocycles. The summed E-state index contributed by atoms with van der Waals surface area (Å²) >= 11 is 0. The van der Waals surface area contributed by atoms with Gasteiger partial charge in [-0.25, -0.2) is 0 Å². The zero-order valence-corrected chi connectivity index (χ0v) is 6.21. The van der Waals surface area contributed by atoms with Crippen molar-refractivity contribution in [2.75, 3.05) is 0 Å². The van der Waals surface area contributed by atoms with Gasteiger partial charge >= 0.3 is 27.7 Å². The number of hydrogen-bond acceptors (Lipinski definition) is 4. The van der Waals surface area contributed by atoms with Crippen LogP contribution in [0, 0.1) is 0 Å². The van der Waals surface area contributed by atoms with Crippen LogP contribution in [0.2, 0.25) is 0 Å². The van der Waals surface area contributed by atoms with Gasteiger partial charge in [0.15, 0.2) is 0 Å². The van der Waals surface area contributed by atoms with Gasteiger partial charge < -0.3 is 18.2 Å². The lowest BCUT2D eigenvalue weighted by Gasteiger charge is -1.87. The molecule has 0 aliphatic rings. The molecule has 0 aliphatic carbocycles. The molecule has 0 atom stereocenters. The van der Waals surface area contributed by atoms with Crippen molar-refractivity contribution >= 4 is 27.7 Å². The van der Waals surface area contributed by atoms with Gasteiger partial charge in [0.2, 0.25) is 0 Å². The Morgan fingerprint density at radius 1 is 1.57 bits per heavy atom. The van der Waals surface area contributed by atoms with E-state index in [0.29, 0.717) is 0 Å². The Bertz CT molecular complexity index is 60.0. The van der Waals surface area contributed by atoms with E-state index in [4.69, 9.17) is 9.59 Å². The van der Waals surface area contributed by atoms with Gasteiger partial charge in [0.1, 0.15) is 0 Å². The molecule has 38 valence electrons. The maximum absolute atomic E-state index is 9.98. The summed E-state index contributed by atoms with van der Waals surface area (Å²) in [6.07, 6.45) is 0. The van der Waals surface area contributed by atoms with Crippen LogP contribution < -0.4 is 0 Å². The van der Waals surface area contributed by atoms with Crippen molar-refractivity contribution in [3.05, 3.63) is 0 Å². The molecule has 0 bridgehead atoms. The second-order valence-electron chi connectivity index (χ2n) is 0.593. The van der Waals surface area contributed by atoms with Crippen molar-refractivity contribution in [2.45, 2.75) is 0 Å². The summed E-state index contributed by atoms with van der Waals surface area (Å²) in [5.74, 6) is 0. The highest BCUT2D eigenvalue weighted by molar-refractivity contribution is 6.98. The van der Waals surface area contributed by atoms with E-state index in [-0.39, 0.29) is 0 Å². The van der Waals surface area contributed by atoms with Crippen LogP contribution >= 0.6 is 0 Å². The summed E-state index contributed by atoms with van der Waals surface area (Å²) in [5, 5.41) is 0. The monoisotopic (exact) mass is 150 g/mol. The zero-order chi connectivity index (χ0) is 5.70. The molecule has 0 aromatic rings. The third-order valence-electron chi connectivity index (χ3n) is 0.230. The summed E-state index contributed by atoms with van der Waals surface area (Å²) in [6, 6.07) is 0. The van der Waals surface area contributed by atoms with Gasteiger partial charge in [0, 0.05) is 0 Å². The lowest BCUT2D eigenvalue weighted by Crippen LogP contribution is -2.17. The van der Waals surface area contributed by atoms with Crippen LogP contribution in [0.5, 0.6) is 0 Å². The highest BCUT2D eigenvalue weighted by Crippen LogP contribution is 1.61. The van der Waals surface area contributed by atoms with E-state index >= 15 is 0 Å². The quantitative estimate of drug-likeness (QED) is 0.439. The first-order valence-corrected chi connectivity index (χ1v) is 5.43. The second kappa shape index (κ2) is 4.33. The molecule has 2 N–H and O–H groups in total. The van der Waals surface area contributed by atoms with E-state index in [2.05, 4.69) is 4.12 Å². The van der Waals surface area contributed by atoms with Gasteiger partial charge in [-0.1, -0.05) is 0 Å². The molecule has 0 amide bonds. The molecule has 4 nitrogen and oxygen atoms in total. The van der Waals surface area contributed by atoms with Gasteiger partial charge in [-0.3, -0.25) is 0 Å². The molecular formula is H2O4Si3. The molecule has 0 fully saturated rings. The Labute approximate surface area is 46.7 Å². The number of hydrogen-bond donors (Lipinski definition) is 2. The molecule has 4 radical (unpaired) electrons. The summed E-state index contributed by atoms with van der Waals surface area (Å²) in [4.78, 5) is 15.9. The topological polar surface area (TPSA) is 66.8 Å². The standard InChI is InChI=1S/H2O4Si3/c1-5-4-7(3)6-2/h1-2H. The molecule has 0 heterocycles. The Balaban J connectivity index is 3.00. The van der Waals surface area contributed by atoms with Crippen LogP contribution in [0.25, 0.3) is 0 Å². The van der Waals surface area contributed by atoms with Crippen LogP contribution in [0.3, 0.4) is 0 Å². The van der Waals surface area contributed by atoms with Crippen LogP contribution in [-0.2, 0) is 8.58 Å². The highest BCUT2D eigenvalue weighted by atomic mass is 29.2. The average molecular weight is 150 g/mol. The van der Waals surface area contributed by atoms with Crippen molar-refractivity contribution in [1.82, 2.24) is 0 Å². The summed E-state index contributed by atoms with van der Waals surface area (Å²) in [6.45, 7) is 0. The zero-order valence-electron chi connectivity index (χ0n) is 3.21. The molecule has 0 aromatic carbocycles. The Morgan fingerprint density at radius 2 is 2.14 bits per heavy atom. The first kappa shape index (κ1) is 7.17. The van der Waals surface area contributed by atoms with E-state index in [1.54, 1.807) is 0 Å². The normalized spacial score (nSPS) is 8.29. The second-order valence-corrected chi connectivity index (χ2v) is 4.29. The number of rotatable bonds is 3. The molecule has 0 unspecified atom stereocenters. The van der Waals surface area contributed by atoms with Crippen molar-refractivity contribution in [1.29, 1.82) is 0 Å². The van der Waals surface area contributed by atoms with E-state index < -0.39 is 27.7 Å². The maximum Gasteiger partial charge on any atom is 0.503 e. The average Bonchev–Trinajstić information content (AvgIpc) is 1.68. The summed E-state index contributed by atoms with van der Waals surface area (Å²) in [7, 11) is -3.75. The van der Waals surface area contributed by atoms with Gasteiger partial charge in [0.05, 0.1) is 0 Å². The van der Waals surface area contributed by atoms with Crippen LogP contribution in [0.15, 0.2) is 0 Å². The third kappa shape index (κ3) is 4.01. The molecule has 0 aliphatic heterocycles. The van der Waals surface area contributed by atoms with E-state index in [1.807, 2.05) is 0 Å². The fourth-order valence-electron chi connectivity index (χ4n) is 0.0643. The minimum atomic E-state index is -2.28. The Kier molecular flexibility index (Phi) is 4.44. The van der Waals surface area contributed by atoms with Crippen LogP contribution in [0.1, 0.15) is 0 Å². The molecule has 0 aromatic heterocycles. The fourth-order valence-corrected chi connectivity index (χ4v) is 1.40. The first-order chi connectivity index (χ1) is 3.31. The van der Waals surface area contributed by atoms with Crippen molar-refractivity contribution in [2.24, 2.45) is 0 Å². The van der Waals surface area contributed by atoms with Gasteiger partial charge in [0.25, 0.3) is 0 Å². The smallest absolute Gasteiger partial charge is 0.503 e. The van der Waals surface area contributed by atoms with Gasteiger partial charge in [-0.2, -0.15) is 0 Å². The lowest BCUT2D eigenvalue weighted by molar-refractivity contribution is 0.419. The first-order valence-electron chi connectivity index (χ1n) is 1.31. The molecule has 0 rings (SSSR count). The van der Waals surface area contributed by atoms with E-state index in [9.17, 15) is 4.46 Å². The molecular weight excluding hydrogens is 148 g/mol. The molecule has 7 heteroatoms. The molecule has 0 spiro atoms. The third-order valence-corrected chi connectivity index (χ3v) is 2.99. The lowest BCUT2D eigenvalue weighted by atomic mass is 15.8. The molecule has 0 saturated heterocycles. The minimum absolute atomic E-state index is 0.691. The summed E-state index contributed by atoms with van der Waals surface area (Å²) in [5.41, 5.74) is 0. The van der Waals surface area contributed by atoms with Crippen molar-refractivity contribution in [3.63, 3.8) is 0 Å². The van der Waals surface area contributed by atoms with E-state index in [1.165, 1.54) is 0 Å². The van der Waals surface area contributed by atoms with Crippen molar-refractivity contribution in [3.8, 4) is 0 Å². The predicted molar refractivity (Wildman–Crippen MR) is 23.5 cm³/mol. The van der Waals surface area contributed by atoms with Crippen molar-refractivity contribution < 1.29 is 18.2 Å².